The molecule has 0 fully saturated rings. The van der Waals surface area contributed by atoms with Crippen LogP contribution in [0.4, 0.5) is 0 Å². The number of hydrogen-bond donors (Lipinski definition) is 2. The molecule has 0 aliphatic rings. The van der Waals surface area contributed by atoms with Crippen molar-refractivity contribution in [2.75, 3.05) is 6.54 Å². The van der Waals surface area contributed by atoms with E-state index < -0.39 is 0 Å². The van der Waals surface area contributed by atoms with Crippen molar-refractivity contribution in [3.63, 3.8) is 0 Å². The van der Waals surface area contributed by atoms with E-state index >= 15 is 0 Å². The summed E-state index contributed by atoms with van der Waals surface area (Å²) in [6.45, 7) is 5.02. The van der Waals surface area contributed by atoms with Crippen LogP contribution in [0.25, 0.3) is 4.96 Å². The molecule has 0 saturated carbocycles. The molecular weight excluding hydrogens is 236 g/mol. The number of nitrogens with zero attached hydrogens (tertiary/aromatic N) is 2. The van der Waals surface area contributed by atoms with Gasteiger partial charge in [0.2, 0.25) is 5.91 Å². The first kappa shape index (κ1) is 12.1. The van der Waals surface area contributed by atoms with E-state index in [0.717, 1.165) is 10.7 Å². The average molecular weight is 252 g/mol. The van der Waals surface area contributed by atoms with Crippen LogP contribution in [0, 0.1) is 0 Å². The van der Waals surface area contributed by atoms with Crippen molar-refractivity contribution in [1.82, 2.24) is 20.0 Å². The average Bonchev–Trinajstić information content (AvgIpc) is 2.86. The molecule has 1 atom stereocenters. The van der Waals surface area contributed by atoms with Crippen molar-refractivity contribution in [2.45, 2.75) is 26.4 Å². The topological polar surface area (TPSA) is 58.4 Å². The third-order valence-corrected chi connectivity index (χ3v) is 3.25. The molecular formula is C11H16N4OS. The Labute approximate surface area is 104 Å². The van der Waals surface area contributed by atoms with Crippen LogP contribution in [0.2, 0.25) is 0 Å². The number of imidazole rings is 1. The van der Waals surface area contributed by atoms with Crippen LogP contribution in [-0.2, 0) is 11.3 Å². The smallest absolute Gasteiger partial charge is 0.236 e. The molecule has 0 aliphatic carbocycles. The summed E-state index contributed by atoms with van der Waals surface area (Å²) in [4.78, 5) is 16.9. The van der Waals surface area contributed by atoms with Crippen LogP contribution in [0.15, 0.2) is 17.8 Å². The molecule has 5 nitrogen and oxygen atoms in total. The Bertz CT molecular complexity index is 476. The van der Waals surface area contributed by atoms with Gasteiger partial charge >= 0.3 is 0 Å². The predicted octanol–water partition coefficient (Wildman–Crippen LogP) is 1.01. The first-order valence-electron chi connectivity index (χ1n) is 5.63. The van der Waals surface area contributed by atoms with Crippen molar-refractivity contribution in [2.24, 2.45) is 0 Å². The van der Waals surface area contributed by atoms with E-state index in [1.165, 1.54) is 0 Å². The Morgan fingerprint density at radius 3 is 3.18 bits per heavy atom. The normalized spacial score (nSPS) is 12.8. The zero-order valence-corrected chi connectivity index (χ0v) is 10.8. The Kier molecular flexibility index (Phi) is 3.75. The third-order valence-electron chi connectivity index (χ3n) is 2.48. The molecule has 0 aromatic carbocycles. The summed E-state index contributed by atoms with van der Waals surface area (Å²) in [6.07, 6.45) is 3.95. The Balaban J connectivity index is 1.89. The molecule has 17 heavy (non-hydrogen) atoms. The summed E-state index contributed by atoms with van der Waals surface area (Å²) in [7, 11) is 0. The van der Waals surface area contributed by atoms with E-state index in [1.54, 1.807) is 11.3 Å². The highest BCUT2D eigenvalue weighted by atomic mass is 32.1. The lowest BCUT2D eigenvalue weighted by Crippen LogP contribution is -2.41. The van der Waals surface area contributed by atoms with Crippen LogP contribution in [-0.4, -0.2) is 27.9 Å². The van der Waals surface area contributed by atoms with Crippen molar-refractivity contribution in [3.05, 3.63) is 23.5 Å². The summed E-state index contributed by atoms with van der Waals surface area (Å²) in [6, 6.07) is -0.199. The van der Waals surface area contributed by atoms with Gasteiger partial charge in [0, 0.05) is 30.9 Å². The number of carbonyl (C=O) groups is 1. The van der Waals surface area contributed by atoms with E-state index in [-0.39, 0.29) is 11.9 Å². The van der Waals surface area contributed by atoms with Gasteiger partial charge in [0.05, 0.1) is 11.7 Å². The van der Waals surface area contributed by atoms with Gasteiger partial charge in [-0.2, -0.15) is 0 Å². The number of nitrogens with one attached hydrogen (secondary N) is 2. The maximum Gasteiger partial charge on any atom is 0.236 e. The van der Waals surface area contributed by atoms with E-state index in [1.807, 2.05) is 36.0 Å². The fourth-order valence-electron chi connectivity index (χ4n) is 1.54. The van der Waals surface area contributed by atoms with Gasteiger partial charge in [-0.15, -0.1) is 11.3 Å². The van der Waals surface area contributed by atoms with Gasteiger partial charge in [0.15, 0.2) is 4.96 Å². The molecule has 92 valence electrons. The van der Waals surface area contributed by atoms with Gasteiger partial charge < -0.3 is 10.6 Å². The predicted molar refractivity (Wildman–Crippen MR) is 68.1 cm³/mol. The lowest BCUT2D eigenvalue weighted by molar-refractivity contribution is -0.122. The maximum atomic E-state index is 11.5. The van der Waals surface area contributed by atoms with Crippen molar-refractivity contribution in [1.29, 1.82) is 0 Å². The molecule has 2 heterocycles. The Hall–Kier alpha value is -1.40. The van der Waals surface area contributed by atoms with Crippen molar-refractivity contribution in [3.8, 4) is 0 Å². The monoisotopic (exact) mass is 252 g/mol. The first-order chi connectivity index (χ1) is 8.20. The molecule has 0 radical (unpaired) electrons. The molecule has 2 aromatic heterocycles. The number of likely N-dealkylation sites (N-methyl/N-ethyl adjacent to an activating group) is 1. The second-order valence-electron chi connectivity index (χ2n) is 3.82. The number of hydrogen-bond acceptors (Lipinski definition) is 4. The molecule has 0 spiro atoms. The van der Waals surface area contributed by atoms with Crippen LogP contribution >= 0.6 is 11.3 Å². The van der Waals surface area contributed by atoms with E-state index in [0.29, 0.717) is 13.1 Å². The van der Waals surface area contributed by atoms with Crippen LogP contribution < -0.4 is 10.6 Å². The number of carbonyl (C=O) groups excluding carboxylic acids is 1. The standard InChI is InChI=1S/C11H16N4OS/c1-3-12-10(16)8(2)13-6-9-7-15-4-5-17-11(15)14-9/h4-5,7-8,13H,3,6H2,1-2H3,(H,12,16). The lowest BCUT2D eigenvalue weighted by atomic mass is 10.3. The first-order valence-corrected chi connectivity index (χ1v) is 6.51. The van der Waals surface area contributed by atoms with E-state index in [9.17, 15) is 4.79 Å². The third kappa shape index (κ3) is 2.83. The molecule has 1 unspecified atom stereocenters. The molecule has 2 rings (SSSR count). The maximum absolute atomic E-state index is 11.5. The summed E-state index contributed by atoms with van der Waals surface area (Å²) < 4.78 is 1.98. The molecule has 1 amide bonds. The zero-order valence-electron chi connectivity index (χ0n) is 9.93. The number of aromatic nitrogens is 2. The van der Waals surface area contributed by atoms with Crippen molar-refractivity contribution < 1.29 is 4.79 Å². The molecule has 2 aromatic rings. The summed E-state index contributed by atoms with van der Waals surface area (Å²) in [5, 5.41) is 7.93. The minimum absolute atomic E-state index is 0.0218. The van der Waals surface area contributed by atoms with Gasteiger partial charge in [-0.3, -0.25) is 9.20 Å². The number of thiazole rings is 1. The molecule has 0 bridgehead atoms. The Morgan fingerprint density at radius 2 is 2.47 bits per heavy atom. The minimum atomic E-state index is -0.199. The highest BCUT2D eigenvalue weighted by Gasteiger charge is 2.11. The van der Waals surface area contributed by atoms with Gasteiger partial charge in [0.25, 0.3) is 0 Å². The van der Waals surface area contributed by atoms with Gasteiger partial charge in [-0.1, -0.05) is 0 Å². The SMILES string of the molecule is CCNC(=O)C(C)NCc1cn2ccsc2n1. The zero-order chi connectivity index (χ0) is 12.3. The van der Waals surface area contributed by atoms with E-state index in [4.69, 9.17) is 0 Å². The quantitative estimate of drug-likeness (QED) is 0.835. The van der Waals surface area contributed by atoms with Crippen LogP contribution in [0.5, 0.6) is 0 Å². The second-order valence-corrected chi connectivity index (χ2v) is 4.70. The largest absolute Gasteiger partial charge is 0.355 e. The number of rotatable bonds is 5. The Morgan fingerprint density at radius 1 is 1.65 bits per heavy atom. The molecule has 6 heteroatoms. The molecule has 0 saturated heterocycles. The second kappa shape index (κ2) is 5.29. The fraction of sp³-hybridized carbons (Fsp3) is 0.455. The van der Waals surface area contributed by atoms with E-state index in [2.05, 4.69) is 15.6 Å². The molecule has 0 aliphatic heterocycles. The van der Waals surface area contributed by atoms with Gasteiger partial charge in [-0.05, 0) is 13.8 Å². The minimum Gasteiger partial charge on any atom is -0.355 e. The lowest BCUT2D eigenvalue weighted by Gasteiger charge is -2.11. The van der Waals surface area contributed by atoms with Crippen LogP contribution in [0.1, 0.15) is 19.5 Å². The number of fused-ring (bicyclic) bond motifs is 1. The summed E-state index contributed by atoms with van der Waals surface area (Å²) >= 11 is 1.60. The van der Waals surface area contributed by atoms with Crippen molar-refractivity contribution >= 4 is 22.2 Å². The highest BCUT2D eigenvalue weighted by molar-refractivity contribution is 7.15. The summed E-state index contributed by atoms with van der Waals surface area (Å²) in [5.41, 5.74) is 0.952. The summed E-state index contributed by atoms with van der Waals surface area (Å²) in [5.74, 6) is 0.0218. The fourth-order valence-corrected chi connectivity index (χ4v) is 2.26. The van der Waals surface area contributed by atoms with Gasteiger partial charge in [0.1, 0.15) is 0 Å². The van der Waals surface area contributed by atoms with Crippen LogP contribution in [0.3, 0.4) is 0 Å². The highest BCUT2D eigenvalue weighted by Crippen LogP contribution is 2.11. The number of amides is 1. The molecule has 2 N–H and O–H groups in total. The van der Waals surface area contributed by atoms with Gasteiger partial charge in [-0.25, -0.2) is 4.98 Å².